The SMILES string of the molecule is Cc1noc(-c2cc(N3CCOCC3)cc(NC3CCC(F)(F)CC3)n2)n1. The number of nitrogens with zero attached hydrogens (tertiary/aromatic N) is 4. The van der Waals surface area contributed by atoms with Crippen molar-refractivity contribution in [1.29, 1.82) is 0 Å². The Balaban J connectivity index is 1.59. The number of hydrogen-bond acceptors (Lipinski definition) is 7. The number of pyridine rings is 1. The van der Waals surface area contributed by atoms with Crippen LogP contribution < -0.4 is 10.2 Å². The van der Waals surface area contributed by atoms with Gasteiger partial charge in [0.05, 0.1) is 13.2 Å². The molecule has 2 fully saturated rings. The monoisotopic (exact) mass is 379 g/mol. The summed E-state index contributed by atoms with van der Waals surface area (Å²) in [5.74, 6) is -1.03. The van der Waals surface area contributed by atoms with E-state index in [9.17, 15) is 8.78 Å². The molecular weight excluding hydrogens is 356 g/mol. The number of morpholine rings is 1. The van der Waals surface area contributed by atoms with Gasteiger partial charge in [-0.3, -0.25) is 0 Å². The predicted octanol–water partition coefficient (Wildman–Crippen LogP) is 3.27. The van der Waals surface area contributed by atoms with E-state index >= 15 is 0 Å². The number of halogens is 2. The zero-order chi connectivity index (χ0) is 18.9. The van der Waals surface area contributed by atoms with Crippen LogP contribution in [0.5, 0.6) is 0 Å². The van der Waals surface area contributed by atoms with Crippen molar-refractivity contribution in [3.05, 3.63) is 18.0 Å². The normalized spacial score (nSPS) is 20.6. The lowest BCUT2D eigenvalue weighted by molar-refractivity contribution is -0.0361. The zero-order valence-electron chi connectivity index (χ0n) is 15.3. The summed E-state index contributed by atoms with van der Waals surface area (Å²) >= 11 is 0. The summed E-state index contributed by atoms with van der Waals surface area (Å²) in [6.07, 6.45) is 0.657. The Morgan fingerprint density at radius 1 is 1.15 bits per heavy atom. The number of rotatable bonds is 4. The van der Waals surface area contributed by atoms with Gasteiger partial charge in [-0.2, -0.15) is 4.98 Å². The summed E-state index contributed by atoms with van der Waals surface area (Å²) in [7, 11) is 0. The maximum Gasteiger partial charge on any atom is 0.276 e. The summed E-state index contributed by atoms with van der Waals surface area (Å²) in [4.78, 5) is 11.1. The zero-order valence-corrected chi connectivity index (χ0v) is 15.3. The van der Waals surface area contributed by atoms with Gasteiger partial charge in [0, 0.05) is 43.7 Å². The molecule has 1 saturated carbocycles. The minimum atomic E-state index is -2.55. The van der Waals surface area contributed by atoms with E-state index in [1.54, 1.807) is 6.92 Å². The maximum atomic E-state index is 13.4. The molecule has 0 bridgehead atoms. The van der Waals surface area contributed by atoms with Crippen molar-refractivity contribution < 1.29 is 18.0 Å². The van der Waals surface area contributed by atoms with E-state index in [1.165, 1.54) is 0 Å². The quantitative estimate of drug-likeness (QED) is 0.874. The number of alkyl halides is 2. The Labute approximate surface area is 156 Å². The van der Waals surface area contributed by atoms with Gasteiger partial charge in [-0.05, 0) is 25.8 Å². The van der Waals surface area contributed by atoms with E-state index in [2.05, 4.69) is 25.3 Å². The molecule has 0 radical (unpaired) electrons. The van der Waals surface area contributed by atoms with Crippen LogP contribution in [0.4, 0.5) is 20.3 Å². The van der Waals surface area contributed by atoms with E-state index < -0.39 is 5.92 Å². The smallest absolute Gasteiger partial charge is 0.276 e. The molecule has 9 heteroatoms. The molecular formula is C18H23F2N5O2. The molecule has 0 aromatic carbocycles. The summed E-state index contributed by atoms with van der Waals surface area (Å²) in [6, 6.07) is 3.85. The highest BCUT2D eigenvalue weighted by molar-refractivity contribution is 5.64. The second-order valence-corrected chi connectivity index (χ2v) is 7.12. The van der Waals surface area contributed by atoms with Gasteiger partial charge in [0.15, 0.2) is 5.82 Å². The molecule has 27 heavy (non-hydrogen) atoms. The second-order valence-electron chi connectivity index (χ2n) is 7.12. The lowest BCUT2D eigenvalue weighted by atomic mass is 9.92. The number of nitrogens with one attached hydrogen (secondary N) is 1. The highest BCUT2D eigenvalue weighted by atomic mass is 19.3. The minimum absolute atomic E-state index is 0.0191. The van der Waals surface area contributed by atoms with Crippen LogP contribution in [0.2, 0.25) is 0 Å². The molecule has 146 valence electrons. The third-order valence-electron chi connectivity index (χ3n) is 5.00. The van der Waals surface area contributed by atoms with Crippen molar-refractivity contribution in [2.24, 2.45) is 0 Å². The van der Waals surface area contributed by atoms with Crippen LogP contribution in [-0.4, -0.2) is 53.4 Å². The van der Waals surface area contributed by atoms with Gasteiger partial charge in [-0.15, -0.1) is 0 Å². The molecule has 1 aliphatic heterocycles. The summed E-state index contributed by atoms with van der Waals surface area (Å²) in [5, 5.41) is 7.16. The summed E-state index contributed by atoms with van der Waals surface area (Å²) in [6.45, 7) is 4.64. The molecule has 0 unspecified atom stereocenters. The van der Waals surface area contributed by atoms with Crippen molar-refractivity contribution in [3.63, 3.8) is 0 Å². The first-order chi connectivity index (χ1) is 13.0. The van der Waals surface area contributed by atoms with E-state index in [1.807, 2.05) is 12.1 Å². The van der Waals surface area contributed by atoms with E-state index in [-0.39, 0.29) is 18.9 Å². The molecule has 0 atom stereocenters. The molecule has 7 nitrogen and oxygen atoms in total. The first-order valence-electron chi connectivity index (χ1n) is 9.28. The van der Waals surface area contributed by atoms with Gasteiger partial charge in [-0.1, -0.05) is 5.16 Å². The average molecular weight is 379 g/mol. The Morgan fingerprint density at radius 3 is 2.56 bits per heavy atom. The van der Waals surface area contributed by atoms with Crippen LogP contribution in [-0.2, 0) is 4.74 Å². The fourth-order valence-corrected chi connectivity index (χ4v) is 3.50. The minimum Gasteiger partial charge on any atom is -0.378 e. The first-order valence-corrected chi connectivity index (χ1v) is 9.28. The van der Waals surface area contributed by atoms with Crippen molar-refractivity contribution in [1.82, 2.24) is 15.1 Å². The number of anilines is 2. The molecule has 1 aliphatic carbocycles. The van der Waals surface area contributed by atoms with Crippen LogP contribution in [0.15, 0.2) is 16.7 Å². The van der Waals surface area contributed by atoms with Gasteiger partial charge in [0.25, 0.3) is 5.89 Å². The largest absolute Gasteiger partial charge is 0.378 e. The fraction of sp³-hybridized carbons (Fsp3) is 0.611. The Hall–Kier alpha value is -2.29. The molecule has 4 rings (SSSR count). The predicted molar refractivity (Wildman–Crippen MR) is 96.1 cm³/mol. The molecule has 1 N–H and O–H groups in total. The molecule has 2 aromatic rings. The molecule has 1 saturated heterocycles. The Bertz CT molecular complexity index is 782. The van der Waals surface area contributed by atoms with E-state index in [4.69, 9.17) is 9.26 Å². The maximum absolute atomic E-state index is 13.4. The molecule has 3 heterocycles. The van der Waals surface area contributed by atoms with E-state index in [0.717, 1.165) is 18.8 Å². The highest BCUT2D eigenvalue weighted by Crippen LogP contribution is 2.35. The first kappa shape index (κ1) is 18.1. The number of aromatic nitrogens is 3. The van der Waals surface area contributed by atoms with Gasteiger partial charge in [0.2, 0.25) is 5.92 Å². The molecule has 0 amide bonds. The topological polar surface area (TPSA) is 76.3 Å². The van der Waals surface area contributed by atoms with E-state index in [0.29, 0.717) is 49.3 Å². The second kappa shape index (κ2) is 7.38. The van der Waals surface area contributed by atoms with Gasteiger partial charge in [0.1, 0.15) is 11.5 Å². The Kier molecular flexibility index (Phi) is 4.94. The van der Waals surface area contributed by atoms with Crippen molar-refractivity contribution in [2.45, 2.75) is 44.6 Å². The fourth-order valence-electron chi connectivity index (χ4n) is 3.50. The number of ether oxygens (including phenoxy) is 1. The highest BCUT2D eigenvalue weighted by Gasteiger charge is 2.35. The van der Waals surface area contributed by atoms with Crippen LogP contribution in [0.3, 0.4) is 0 Å². The number of aryl methyl sites for hydroxylation is 1. The lowest BCUT2D eigenvalue weighted by Gasteiger charge is -2.31. The van der Waals surface area contributed by atoms with Crippen molar-refractivity contribution in [2.75, 3.05) is 36.5 Å². The molecule has 0 spiro atoms. The summed E-state index contributed by atoms with van der Waals surface area (Å²) < 4.78 is 37.5. The van der Waals surface area contributed by atoms with Crippen molar-refractivity contribution >= 4 is 11.5 Å². The average Bonchev–Trinajstić information content (AvgIpc) is 3.10. The summed E-state index contributed by atoms with van der Waals surface area (Å²) in [5.41, 5.74) is 1.55. The van der Waals surface area contributed by atoms with Crippen molar-refractivity contribution in [3.8, 4) is 11.6 Å². The molecule has 2 aromatic heterocycles. The van der Waals surface area contributed by atoms with Crippen LogP contribution in [0, 0.1) is 6.92 Å². The number of hydrogen-bond donors (Lipinski definition) is 1. The standard InChI is InChI=1S/C18H23F2N5O2/c1-12-21-17(27-24-12)15-10-14(25-6-8-26-9-7-25)11-16(23-15)22-13-2-4-18(19,20)5-3-13/h10-11,13H,2-9H2,1H3,(H,22,23). The Morgan fingerprint density at radius 2 is 1.89 bits per heavy atom. The van der Waals surface area contributed by atoms with Gasteiger partial charge >= 0.3 is 0 Å². The van der Waals surface area contributed by atoms with Crippen LogP contribution in [0.1, 0.15) is 31.5 Å². The van der Waals surface area contributed by atoms with Crippen LogP contribution in [0.25, 0.3) is 11.6 Å². The van der Waals surface area contributed by atoms with Gasteiger partial charge in [-0.25, -0.2) is 13.8 Å². The molecule has 2 aliphatic rings. The third kappa shape index (κ3) is 4.35. The van der Waals surface area contributed by atoms with Gasteiger partial charge < -0.3 is 19.5 Å². The lowest BCUT2D eigenvalue weighted by Crippen LogP contribution is -2.36. The van der Waals surface area contributed by atoms with Crippen LogP contribution >= 0.6 is 0 Å². The third-order valence-corrected chi connectivity index (χ3v) is 5.00.